The molecular weight excluding hydrogens is 420 g/mol. The van der Waals surface area contributed by atoms with Gasteiger partial charge < -0.3 is 15.2 Å². The maximum Gasteiger partial charge on any atom is 0.348 e. The van der Waals surface area contributed by atoms with Crippen LogP contribution < -0.4 is 10.5 Å². The fraction of sp³-hybridized carbons (Fsp3) is 0.0909. The highest BCUT2D eigenvalue weighted by atomic mass is 32.2. The number of sulfonamides is 1. The number of amides is 1. The molecule has 0 radical (unpaired) electrons. The second-order valence-electron chi connectivity index (χ2n) is 6.64. The predicted molar refractivity (Wildman–Crippen MR) is 113 cm³/mol. The fourth-order valence-electron chi connectivity index (χ4n) is 2.92. The minimum atomic E-state index is -3.85. The Morgan fingerprint density at radius 2 is 1.35 bits per heavy atom. The van der Waals surface area contributed by atoms with Crippen LogP contribution in [0.15, 0.2) is 89.8 Å². The molecule has 0 saturated carbocycles. The number of ether oxygens (including phenoxy) is 1. The quantitative estimate of drug-likeness (QED) is 0.479. The number of hydrogen-bond donors (Lipinski definition) is 3. The average Bonchev–Trinajstić information content (AvgIpc) is 2.78. The SMILES string of the molecule is NS(=O)(=O)c1ccc(NC(=O)COC(=O)C(O)(c2ccccc2)c2ccccc2)cc1. The Labute approximate surface area is 179 Å². The number of anilines is 1. The number of aliphatic hydroxyl groups is 1. The molecule has 0 aliphatic rings. The van der Waals surface area contributed by atoms with E-state index in [1.165, 1.54) is 24.3 Å². The first-order chi connectivity index (χ1) is 14.7. The van der Waals surface area contributed by atoms with E-state index >= 15 is 0 Å². The maximum absolute atomic E-state index is 12.8. The van der Waals surface area contributed by atoms with Crippen LogP contribution in [0.4, 0.5) is 5.69 Å². The summed E-state index contributed by atoms with van der Waals surface area (Å²) in [5.41, 5.74) is -1.22. The van der Waals surface area contributed by atoms with Crippen LogP contribution in [-0.2, 0) is 30.0 Å². The van der Waals surface area contributed by atoms with Gasteiger partial charge in [-0.15, -0.1) is 0 Å². The second kappa shape index (κ2) is 9.09. The van der Waals surface area contributed by atoms with E-state index in [9.17, 15) is 23.1 Å². The van der Waals surface area contributed by atoms with Gasteiger partial charge in [0.2, 0.25) is 15.6 Å². The molecule has 9 heteroatoms. The molecule has 0 unspecified atom stereocenters. The summed E-state index contributed by atoms with van der Waals surface area (Å²) in [6, 6.07) is 21.7. The lowest BCUT2D eigenvalue weighted by Gasteiger charge is -2.26. The van der Waals surface area contributed by atoms with E-state index < -0.39 is 34.1 Å². The summed E-state index contributed by atoms with van der Waals surface area (Å²) in [6.45, 7) is -0.655. The van der Waals surface area contributed by atoms with Crippen LogP contribution >= 0.6 is 0 Å². The Morgan fingerprint density at radius 1 is 0.871 bits per heavy atom. The van der Waals surface area contributed by atoms with E-state index in [0.29, 0.717) is 11.1 Å². The number of esters is 1. The van der Waals surface area contributed by atoms with Crippen LogP contribution in [0, 0.1) is 0 Å². The molecule has 0 fully saturated rings. The highest BCUT2D eigenvalue weighted by Crippen LogP contribution is 2.31. The number of carbonyl (C=O) groups excluding carboxylic acids is 2. The van der Waals surface area contributed by atoms with Gasteiger partial charge in [0.25, 0.3) is 5.91 Å². The normalized spacial score (nSPS) is 11.5. The van der Waals surface area contributed by atoms with Gasteiger partial charge in [0, 0.05) is 5.69 Å². The van der Waals surface area contributed by atoms with Gasteiger partial charge in [-0.2, -0.15) is 0 Å². The van der Waals surface area contributed by atoms with Crippen molar-refractivity contribution in [1.82, 2.24) is 0 Å². The van der Waals surface area contributed by atoms with E-state index in [1.54, 1.807) is 60.7 Å². The van der Waals surface area contributed by atoms with Gasteiger partial charge in [-0.05, 0) is 35.4 Å². The molecule has 0 saturated heterocycles. The molecule has 3 aromatic rings. The molecule has 0 bridgehead atoms. The van der Waals surface area contributed by atoms with Crippen molar-refractivity contribution in [2.45, 2.75) is 10.5 Å². The number of hydrogen-bond acceptors (Lipinski definition) is 6. The molecule has 3 rings (SSSR count). The van der Waals surface area contributed by atoms with Gasteiger partial charge in [-0.25, -0.2) is 18.4 Å². The Balaban J connectivity index is 1.72. The molecule has 0 aliphatic heterocycles. The van der Waals surface area contributed by atoms with Crippen LogP contribution in [0.1, 0.15) is 11.1 Å². The van der Waals surface area contributed by atoms with Crippen LogP contribution in [0.3, 0.4) is 0 Å². The largest absolute Gasteiger partial charge is 0.453 e. The van der Waals surface area contributed by atoms with E-state index in [1.807, 2.05) is 0 Å². The lowest BCUT2D eigenvalue weighted by atomic mass is 9.86. The van der Waals surface area contributed by atoms with Gasteiger partial charge in [0.15, 0.2) is 6.61 Å². The van der Waals surface area contributed by atoms with Gasteiger partial charge in [0.1, 0.15) is 0 Å². The monoisotopic (exact) mass is 440 g/mol. The molecule has 0 atom stereocenters. The summed E-state index contributed by atoms with van der Waals surface area (Å²) in [6.07, 6.45) is 0. The molecule has 0 spiro atoms. The summed E-state index contributed by atoms with van der Waals surface area (Å²) in [5, 5.41) is 18.8. The number of primary sulfonamides is 1. The topological polar surface area (TPSA) is 136 Å². The first kappa shape index (κ1) is 22.2. The van der Waals surface area contributed by atoms with Crippen molar-refractivity contribution < 1.29 is 27.9 Å². The second-order valence-corrected chi connectivity index (χ2v) is 8.20. The van der Waals surface area contributed by atoms with E-state index in [2.05, 4.69) is 5.32 Å². The van der Waals surface area contributed by atoms with Crippen molar-refractivity contribution in [3.63, 3.8) is 0 Å². The van der Waals surface area contributed by atoms with Crippen molar-refractivity contribution in [2.24, 2.45) is 5.14 Å². The number of rotatable bonds is 7. The van der Waals surface area contributed by atoms with Gasteiger partial charge in [-0.3, -0.25) is 4.79 Å². The third-order valence-corrected chi connectivity index (χ3v) is 5.41. The minimum absolute atomic E-state index is 0.104. The Hall–Kier alpha value is -3.53. The molecule has 0 heterocycles. The minimum Gasteiger partial charge on any atom is -0.453 e. The Bertz CT molecular complexity index is 1120. The van der Waals surface area contributed by atoms with Crippen LogP contribution in [0.2, 0.25) is 0 Å². The van der Waals surface area contributed by atoms with E-state index in [-0.39, 0.29) is 10.6 Å². The summed E-state index contributed by atoms with van der Waals surface area (Å²) in [5.74, 6) is -1.68. The smallest absolute Gasteiger partial charge is 0.348 e. The summed E-state index contributed by atoms with van der Waals surface area (Å²) in [7, 11) is -3.85. The zero-order chi connectivity index (χ0) is 22.5. The summed E-state index contributed by atoms with van der Waals surface area (Å²) in [4.78, 5) is 24.9. The lowest BCUT2D eigenvalue weighted by molar-refractivity contribution is -0.163. The van der Waals surface area contributed by atoms with Gasteiger partial charge in [-0.1, -0.05) is 60.7 Å². The maximum atomic E-state index is 12.8. The fourth-order valence-corrected chi connectivity index (χ4v) is 3.44. The molecule has 3 aromatic carbocycles. The summed E-state index contributed by atoms with van der Waals surface area (Å²) < 4.78 is 27.7. The molecule has 8 nitrogen and oxygen atoms in total. The molecule has 1 amide bonds. The molecule has 0 aliphatic carbocycles. The zero-order valence-corrected chi connectivity index (χ0v) is 17.1. The van der Waals surface area contributed by atoms with Gasteiger partial charge in [0.05, 0.1) is 4.90 Å². The van der Waals surface area contributed by atoms with Crippen molar-refractivity contribution in [3.05, 3.63) is 96.1 Å². The molecular formula is C22H20N2O6S. The van der Waals surface area contributed by atoms with Gasteiger partial charge >= 0.3 is 5.97 Å². The van der Waals surface area contributed by atoms with Crippen LogP contribution in [0.25, 0.3) is 0 Å². The first-order valence-electron chi connectivity index (χ1n) is 9.14. The average molecular weight is 440 g/mol. The van der Waals surface area contributed by atoms with Crippen molar-refractivity contribution in [2.75, 3.05) is 11.9 Å². The molecule has 31 heavy (non-hydrogen) atoms. The van der Waals surface area contributed by atoms with Crippen molar-refractivity contribution in [1.29, 1.82) is 0 Å². The standard InChI is InChI=1S/C22H20N2O6S/c23-31(28,29)19-13-11-18(12-14-19)24-20(25)15-30-21(26)22(27,16-7-3-1-4-8-16)17-9-5-2-6-10-17/h1-14,27H,15H2,(H,24,25)(H2,23,28,29). The van der Waals surface area contributed by atoms with Crippen LogP contribution in [-0.4, -0.2) is 32.0 Å². The zero-order valence-electron chi connectivity index (χ0n) is 16.3. The molecule has 0 aromatic heterocycles. The third-order valence-electron chi connectivity index (χ3n) is 4.48. The number of nitrogens with two attached hydrogens (primary N) is 1. The van der Waals surface area contributed by atoms with Crippen molar-refractivity contribution in [3.8, 4) is 0 Å². The van der Waals surface area contributed by atoms with E-state index in [0.717, 1.165) is 0 Å². The van der Waals surface area contributed by atoms with Crippen molar-refractivity contribution >= 4 is 27.6 Å². The summed E-state index contributed by atoms with van der Waals surface area (Å²) >= 11 is 0. The highest BCUT2D eigenvalue weighted by molar-refractivity contribution is 7.89. The first-order valence-corrected chi connectivity index (χ1v) is 10.7. The highest BCUT2D eigenvalue weighted by Gasteiger charge is 2.41. The number of carbonyl (C=O) groups is 2. The predicted octanol–water partition coefficient (Wildman–Crippen LogP) is 1.75. The van der Waals surface area contributed by atoms with Crippen LogP contribution in [0.5, 0.6) is 0 Å². The Kier molecular flexibility index (Phi) is 6.50. The lowest BCUT2D eigenvalue weighted by Crippen LogP contribution is -2.39. The number of nitrogens with one attached hydrogen (secondary N) is 1. The molecule has 160 valence electrons. The Morgan fingerprint density at radius 3 is 1.81 bits per heavy atom. The third kappa shape index (κ3) is 5.15. The molecule has 4 N–H and O–H groups in total. The van der Waals surface area contributed by atoms with E-state index in [4.69, 9.17) is 9.88 Å². The number of benzene rings is 3.